The van der Waals surface area contributed by atoms with E-state index >= 15 is 0 Å². The highest BCUT2D eigenvalue weighted by Gasteiger charge is 2.04. The zero-order valence-corrected chi connectivity index (χ0v) is 12.7. The zero-order valence-electron chi connectivity index (χ0n) is 11.9. The molecule has 0 aliphatic carbocycles. The van der Waals surface area contributed by atoms with E-state index in [2.05, 4.69) is 21.8 Å². The number of aliphatic hydroxyl groups excluding tert-OH is 1. The molecular weight excluding hydrogens is 287 g/mol. The second-order valence-electron chi connectivity index (χ2n) is 4.50. The summed E-state index contributed by atoms with van der Waals surface area (Å²) < 4.78 is 13.5. The number of aromatic nitrogens is 2. The first-order valence-corrected chi connectivity index (χ1v) is 7.40. The van der Waals surface area contributed by atoms with Crippen molar-refractivity contribution in [1.82, 2.24) is 9.97 Å². The quantitative estimate of drug-likeness (QED) is 0.538. The number of benzene rings is 1. The standard InChI is InChI=1S/C16H15FN2OS/c1-11-8-12(2)19-16(18-11)21-10-13-5-6-15(17)14(9-13)4-3-7-20/h5-6,8-9,20H,7,10H2,1-2H3. The van der Waals surface area contributed by atoms with E-state index in [1.54, 1.807) is 12.1 Å². The molecule has 0 amide bonds. The summed E-state index contributed by atoms with van der Waals surface area (Å²) in [6.45, 7) is 3.58. The third kappa shape index (κ3) is 4.55. The van der Waals surface area contributed by atoms with Gasteiger partial charge in [-0.25, -0.2) is 14.4 Å². The number of hydrogen-bond donors (Lipinski definition) is 1. The van der Waals surface area contributed by atoms with E-state index in [1.807, 2.05) is 19.9 Å². The van der Waals surface area contributed by atoms with Gasteiger partial charge in [-0.2, -0.15) is 0 Å². The summed E-state index contributed by atoms with van der Waals surface area (Å²) >= 11 is 1.50. The minimum atomic E-state index is -0.382. The zero-order chi connectivity index (χ0) is 15.2. The molecule has 0 bridgehead atoms. The van der Waals surface area contributed by atoms with E-state index < -0.39 is 0 Å². The molecule has 1 heterocycles. The Balaban J connectivity index is 2.13. The fourth-order valence-corrected chi connectivity index (χ4v) is 2.69. The van der Waals surface area contributed by atoms with Crippen LogP contribution in [0.2, 0.25) is 0 Å². The van der Waals surface area contributed by atoms with Gasteiger partial charge in [-0.05, 0) is 37.6 Å². The fraction of sp³-hybridized carbons (Fsp3) is 0.250. The van der Waals surface area contributed by atoms with Crippen LogP contribution in [-0.4, -0.2) is 21.7 Å². The van der Waals surface area contributed by atoms with E-state index in [0.717, 1.165) is 17.0 Å². The van der Waals surface area contributed by atoms with E-state index in [1.165, 1.54) is 17.8 Å². The number of aryl methyl sites for hydroxylation is 2. The molecule has 21 heavy (non-hydrogen) atoms. The van der Waals surface area contributed by atoms with E-state index in [9.17, 15) is 4.39 Å². The van der Waals surface area contributed by atoms with Gasteiger partial charge in [0.05, 0.1) is 5.56 Å². The molecule has 2 rings (SSSR count). The molecule has 0 spiro atoms. The van der Waals surface area contributed by atoms with Crippen molar-refractivity contribution in [2.24, 2.45) is 0 Å². The van der Waals surface area contributed by atoms with Crippen molar-refractivity contribution in [2.75, 3.05) is 6.61 Å². The Hall–Kier alpha value is -1.90. The minimum absolute atomic E-state index is 0.283. The largest absolute Gasteiger partial charge is 0.384 e. The van der Waals surface area contributed by atoms with E-state index in [-0.39, 0.29) is 12.4 Å². The van der Waals surface area contributed by atoms with Gasteiger partial charge in [0.1, 0.15) is 12.4 Å². The first-order valence-electron chi connectivity index (χ1n) is 6.41. The Morgan fingerprint density at radius 2 is 1.90 bits per heavy atom. The highest BCUT2D eigenvalue weighted by Crippen LogP contribution is 2.21. The summed E-state index contributed by atoms with van der Waals surface area (Å²) in [7, 11) is 0. The summed E-state index contributed by atoms with van der Waals surface area (Å²) in [6, 6.07) is 6.72. The second-order valence-corrected chi connectivity index (χ2v) is 5.44. The van der Waals surface area contributed by atoms with Crippen LogP contribution in [0.5, 0.6) is 0 Å². The first-order chi connectivity index (χ1) is 10.1. The molecule has 108 valence electrons. The van der Waals surface area contributed by atoms with Crippen molar-refractivity contribution in [3.63, 3.8) is 0 Å². The van der Waals surface area contributed by atoms with Crippen LogP contribution in [0.4, 0.5) is 4.39 Å². The Bertz CT molecular complexity index is 687. The van der Waals surface area contributed by atoms with Crippen molar-refractivity contribution in [2.45, 2.75) is 24.8 Å². The molecular formula is C16H15FN2OS. The van der Waals surface area contributed by atoms with Gasteiger partial charge in [0.25, 0.3) is 0 Å². The molecule has 0 fully saturated rings. The van der Waals surface area contributed by atoms with Crippen molar-refractivity contribution in [3.8, 4) is 11.8 Å². The highest BCUT2D eigenvalue weighted by molar-refractivity contribution is 7.98. The summed E-state index contributed by atoms with van der Waals surface area (Å²) in [5, 5.41) is 9.38. The lowest BCUT2D eigenvalue weighted by Gasteiger charge is -2.04. The molecule has 1 aromatic heterocycles. The maximum atomic E-state index is 13.5. The highest BCUT2D eigenvalue weighted by atomic mass is 32.2. The molecule has 1 N–H and O–H groups in total. The van der Waals surface area contributed by atoms with Crippen LogP contribution in [0, 0.1) is 31.5 Å². The molecule has 1 aromatic carbocycles. The van der Waals surface area contributed by atoms with Gasteiger partial charge < -0.3 is 5.11 Å². The molecule has 0 unspecified atom stereocenters. The molecule has 2 aromatic rings. The van der Waals surface area contributed by atoms with Crippen LogP contribution in [0.15, 0.2) is 29.4 Å². The third-order valence-electron chi connectivity index (χ3n) is 2.66. The smallest absolute Gasteiger partial charge is 0.188 e. The Kier molecular flexibility index (Phi) is 5.32. The predicted molar refractivity (Wildman–Crippen MR) is 81.4 cm³/mol. The maximum Gasteiger partial charge on any atom is 0.188 e. The number of halogens is 1. The van der Waals surface area contributed by atoms with E-state index in [4.69, 9.17) is 5.11 Å². The Morgan fingerprint density at radius 1 is 1.19 bits per heavy atom. The first kappa shape index (κ1) is 15.5. The summed E-state index contributed by atoms with van der Waals surface area (Å²) in [5.74, 6) is 5.31. The van der Waals surface area contributed by atoms with Gasteiger partial charge in [0.2, 0.25) is 0 Å². The predicted octanol–water partition coefficient (Wildman–Crippen LogP) is 2.87. The molecule has 0 saturated heterocycles. The van der Waals surface area contributed by atoms with Crippen LogP contribution in [0.25, 0.3) is 0 Å². The minimum Gasteiger partial charge on any atom is -0.384 e. The monoisotopic (exact) mass is 302 g/mol. The summed E-state index contributed by atoms with van der Waals surface area (Å²) in [5.41, 5.74) is 3.09. The number of rotatable bonds is 3. The van der Waals surface area contributed by atoms with Gasteiger partial charge in [-0.1, -0.05) is 29.7 Å². The number of hydrogen-bond acceptors (Lipinski definition) is 4. The fourth-order valence-electron chi connectivity index (χ4n) is 1.80. The normalized spacial score (nSPS) is 10.1. The molecule has 5 heteroatoms. The Morgan fingerprint density at radius 3 is 2.57 bits per heavy atom. The average Bonchev–Trinajstić information content (AvgIpc) is 2.44. The van der Waals surface area contributed by atoms with Gasteiger partial charge in [0.15, 0.2) is 5.16 Å². The molecule has 0 aliphatic rings. The van der Waals surface area contributed by atoms with Gasteiger partial charge >= 0.3 is 0 Å². The lowest BCUT2D eigenvalue weighted by Crippen LogP contribution is -1.94. The average molecular weight is 302 g/mol. The lowest BCUT2D eigenvalue weighted by molar-refractivity contribution is 0.350. The molecule has 0 aliphatic heterocycles. The van der Waals surface area contributed by atoms with Gasteiger partial charge in [0, 0.05) is 17.1 Å². The number of nitrogens with zero attached hydrogens (tertiary/aromatic N) is 2. The van der Waals surface area contributed by atoms with Crippen LogP contribution in [0.1, 0.15) is 22.5 Å². The van der Waals surface area contributed by atoms with E-state index in [0.29, 0.717) is 16.5 Å². The maximum absolute atomic E-state index is 13.5. The van der Waals surface area contributed by atoms with Crippen LogP contribution in [-0.2, 0) is 5.75 Å². The van der Waals surface area contributed by atoms with Crippen LogP contribution < -0.4 is 0 Å². The molecule has 0 radical (unpaired) electrons. The third-order valence-corrected chi connectivity index (χ3v) is 3.58. The molecule has 0 atom stereocenters. The second kappa shape index (κ2) is 7.21. The van der Waals surface area contributed by atoms with Gasteiger partial charge in [-0.15, -0.1) is 0 Å². The molecule has 0 saturated carbocycles. The van der Waals surface area contributed by atoms with Crippen molar-refractivity contribution < 1.29 is 9.50 Å². The van der Waals surface area contributed by atoms with Crippen molar-refractivity contribution in [3.05, 3.63) is 52.6 Å². The van der Waals surface area contributed by atoms with Crippen LogP contribution >= 0.6 is 11.8 Å². The lowest BCUT2D eigenvalue weighted by atomic mass is 10.1. The molecule has 3 nitrogen and oxygen atoms in total. The number of aliphatic hydroxyl groups is 1. The summed E-state index contributed by atoms with van der Waals surface area (Å²) in [4.78, 5) is 8.71. The topological polar surface area (TPSA) is 46.0 Å². The Labute approximate surface area is 127 Å². The SMILES string of the molecule is Cc1cc(C)nc(SCc2ccc(F)c(C#CCO)c2)n1. The number of thioether (sulfide) groups is 1. The summed E-state index contributed by atoms with van der Waals surface area (Å²) in [6.07, 6.45) is 0. The van der Waals surface area contributed by atoms with Gasteiger partial charge in [-0.3, -0.25) is 0 Å². The van der Waals surface area contributed by atoms with Crippen molar-refractivity contribution in [1.29, 1.82) is 0 Å². The van der Waals surface area contributed by atoms with Crippen molar-refractivity contribution >= 4 is 11.8 Å². The van der Waals surface area contributed by atoms with Crippen LogP contribution in [0.3, 0.4) is 0 Å².